The van der Waals surface area contributed by atoms with E-state index in [9.17, 15) is 29.4 Å². The van der Waals surface area contributed by atoms with E-state index < -0.39 is 34.6 Å². The van der Waals surface area contributed by atoms with Crippen LogP contribution in [0.5, 0.6) is 0 Å². The van der Waals surface area contributed by atoms with E-state index in [1.807, 2.05) is 0 Å². The van der Waals surface area contributed by atoms with Gasteiger partial charge in [0, 0.05) is 25.9 Å². The van der Waals surface area contributed by atoms with Gasteiger partial charge in [-0.05, 0) is 38.5 Å². The Bertz CT molecular complexity index is 701. The zero-order valence-electron chi connectivity index (χ0n) is 18.7. The van der Waals surface area contributed by atoms with Crippen molar-refractivity contribution < 1.29 is 29.4 Å². The Morgan fingerprint density at radius 3 is 1.21 bits per heavy atom. The molecule has 0 radical (unpaired) electrons. The normalized spacial score (nSPS) is 14.4. The number of carbonyl (C=O) groups is 4. The van der Waals surface area contributed by atoms with Crippen LogP contribution in [0.2, 0.25) is 0 Å². The summed E-state index contributed by atoms with van der Waals surface area (Å²) in [6.45, 7) is 0.278. The third-order valence-corrected chi connectivity index (χ3v) is 5.11. The molecule has 14 nitrogen and oxygen atoms in total. The van der Waals surface area contributed by atoms with Crippen molar-refractivity contribution in [2.24, 2.45) is 44.4 Å². The van der Waals surface area contributed by atoms with E-state index in [1.54, 1.807) is 0 Å². The van der Waals surface area contributed by atoms with Crippen LogP contribution in [0.4, 0.5) is 0 Å². The van der Waals surface area contributed by atoms with E-state index in [0.717, 1.165) is 0 Å². The molecule has 2 unspecified atom stereocenters. The topological polar surface area (TPSA) is 290 Å². The van der Waals surface area contributed by atoms with Crippen molar-refractivity contribution in [2.75, 3.05) is 13.1 Å². The number of carbonyl (C=O) groups excluding carboxylic acids is 2. The van der Waals surface area contributed by atoms with Crippen molar-refractivity contribution >= 4 is 35.4 Å². The Balaban J connectivity index is 4.62. The van der Waals surface area contributed by atoms with Crippen molar-refractivity contribution in [1.29, 1.82) is 0 Å². The highest BCUT2D eigenvalue weighted by Gasteiger charge is 2.41. The number of nitrogens with two attached hydrogens (primary N) is 6. The quantitative estimate of drug-likeness (QED) is 0.0454. The van der Waals surface area contributed by atoms with E-state index in [1.165, 1.54) is 0 Å². The van der Waals surface area contributed by atoms with Crippen LogP contribution in [-0.2, 0) is 19.2 Å². The van der Waals surface area contributed by atoms with E-state index in [2.05, 4.69) is 9.98 Å². The Morgan fingerprint density at radius 1 is 0.606 bits per heavy atom. The monoisotopic (exact) mass is 472 g/mol. The Kier molecular flexibility index (Phi) is 12.6. The highest BCUT2D eigenvalue weighted by molar-refractivity contribution is 6.08. The van der Waals surface area contributed by atoms with Gasteiger partial charge in [-0.2, -0.15) is 0 Å². The molecule has 0 saturated carbocycles. The zero-order chi connectivity index (χ0) is 25.7. The number of ketones is 2. The minimum atomic E-state index is -2.06. The van der Waals surface area contributed by atoms with Crippen molar-refractivity contribution in [3.05, 3.63) is 0 Å². The maximum absolute atomic E-state index is 12.4. The van der Waals surface area contributed by atoms with Gasteiger partial charge in [-0.3, -0.25) is 19.6 Å². The van der Waals surface area contributed by atoms with Gasteiger partial charge in [-0.15, -0.1) is 0 Å². The number of rotatable bonds is 18. The third kappa shape index (κ3) is 10.3. The Morgan fingerprint density at radius 2 is 0.939 bits per heavy atom. The molecule has 14 N–H and O–H groups in total. The molecule has 0 aromatic heterocycles. The smallest absolute Gasteiger partial charge is 0.331 e. The van der Waals surface area contributed by atoms with Gasteiger partial charge in [-0.1, -0.05) is 6.42 Å². The summed E-state index contributed by atoms with van der Waals surface area (Å²) in [6.07, 6.45) is 0.869. The molecule has 0 aliphatic heterocycles. The molecule has 0 rings (SSSR count). The van der Waals surface area contributed by atoms with Gasteiger partial charge in [0.2, 0.25) is 0 Å². The number of hydrogen-bond acceptors (Lipinski definition) is 8. The highest BCUT2D eigenvalue weighted by atomic mass is 16.4. The van der Waals surface area contributed by atoms with Crippen LogP contribution in [0.25, 0.3) is 0 Å². The van der Waals surface area contributed by atoms with Crippen molar-refractivity contribution in [2.45, 2.75) is 68.9 Å². The maximum Gasteiger partial charge on any atom is 0.331 e. The number of hydrogen-bond donors (Lipinski definition) is 8. The fourth-order valence-electron chi connectivity index (χ4n) is 3.06. The summed E-state index contributed by atoms with van der Waals surface area (Å²) in [7, 11) is 0. The lowest BCUT2D eigenvalue weighted by Crippen LogP contribution is -2.55. The molecule has 0 aliphatic rings. The van der Waals surface area contributed by atoms with Crippen LogP contribution in [0.1, 0.15) is 57.8 Å². The largest absolute Gasteiger partial charge is 0.480 e. The second-order valence-corrected chi connectivity index (χ2v) is 7.78. The molecule has 0 bridgehead atoms. The minimum Gasteiger partial charge on any atom is -0.480 e. The summed E-state index contributed by atoms with van der Waals surface area (Å²) in [5.41, 5.74) is 28.3. The molecule has 0 aliphatic carbocycles. The fraction of sp³-hybridized carbons (Fsp3) is 0.684. The minimum absolute atomic E-state index is 0.107. The second-order valence-electron chi connectivity index (χ2n) is 7.78. The Hall–Kier alpha value is -3.26. The number of aliphatic carboxylic acids is 2. The summed E-state index contributed by atoms with van der Waals surface area (Å²) in [5.74, 6) is -4.47. The first kappa shape index (κ1) is 29.7. The maximum atomic E-state index is 12.4. The van der Waals surface area contributed by atoms with Gasteiger partial charge in [0.1, 0.15) is 0 Å². The van der Waals surface area contributed by atoms with Gasteiger partial charge in [0.15, 0.2) is 34.6 Å². The summed E-state index contributed by atoms with van der Waals surface area (Å²) >= 11 is 0. The van der Waals surface area contributed by atoms with Crippen molar-refractivity contribution in [3.8, 4) is 0 Å². The van der Waals surface area contributed by atoms with E-state index >= 15 is 0 Å². The predicted molar refractivity (Wildman–Crippen MR) is 122 cm³/mol. The molecule has 0 aromatic rings. The van der Waals surface area contributed by atoms with Crippen molar-refractivity contribution in [1.82, 2.24) is 0 Å². The lowest BCUT2D eigenvalue weighted by molar-refractivity contribution is -0.150. The number of carboxylic acid groups (broad SMARTS) is 2. The van der Waals surface area contributed by atoms with Crippen LogP contribution in [0, 0.1) is 0 Å². The van der Waals surface area contributed by atoms with E-state index in [4.69, 9.17) is 34.4 Å². The number of carboxylic acids is 2. The average Bonchev–Trinajstić information content (AvgIpc) is 2.72. The molecule has 14 heteroatoms. The molecule has 188 valence electrons. The lowest BCUT2D eigenvalue weighted by atomic mass is 9.85. The first-order valence-electron chi connectivity index (χ1n) is 10.5. The van der Waals surface area contributed by atoms with Gasteiger partial charge in [-0.25, -0.2) is 9.59 Å². The molecule has 2 atom stereocenters. The lowest BCUT2D eigenvalue weighted by Gasteiger charge is -2.23. The Labute approximate surface area is 191 Å². The average molecular weight is 473 g/mol. The first-order chi connectivity index (χ1) is 15.3. The molecule has 0 spiro atoms. The summed E-state index contributed by atoms with van der Waals surface area (Å²) in [5, 5.41) is 18.8. The SMILES string of the molecule is NC(N)=NCCCC(N)(C(=O)O)C(=O)CCCCCC(=O)C(N)(CCCN=C(N)N)C(=O)O. The van der Waals surface area contributed by atoms with Gasteiger partial charge < -0.3 is 44.6 Å². The van der Waals surface area contributed by atoms with Crippen LogP contribution >= 0.6 is 0 Å². The molecule has 0 aromatic carbocycles. The van der Waals surface area contributed by atoms with E-state index in [0.29, 0.717) is 6.42 Å². The third-order valence-electron chi connectivity index (χ3n) is 5.11. The highest BCUT2D eigenvalue weighted by Crippen LogP contribution is 2.19. The molecular weight excluding hydrogens is 436 g/mol. The van der Waals surface area contributed by atoms with Gasteiger partial charge >= 0.3 is 11.9 Å². The summed E-state index contributed by atoms with van der Waals surface area (Å²) < 4.78 is 0. The molecular formula is C19H36N8O6. The van der Waals surface area contributed by atoms with Gasteiger partial charge in [0.05, 0.1) is 0 Å². The van der Waals surface area contributed by atoms with Crippen LogP contribution < -0.4 is 34.4 Å². The molecule has 33 heavy (non-hydrogen) atoms. The second kappa shape index (κ2) is 14.0. The summed E-state index contributed by atoms with van der Waals surface area (Å²) in [4.78, 5) is 55.3. The predicted octanol–water partition coefficient (Wildman–Crippen LogP) is -2.25. The van der Waals surface area contributed by atoms with Crippen LogP contribution in [0.3, 0.4) is 0 Å². The molecule has 0 amide bonds. The number of unbranched alkanes of at least 4 members (excludes halogenated alkanes) is 2. The first-order valence-corrected chi connectivity index (χ1v) is 10.5. The number of Topliss-reactive ketones (excluding diaryl/α,β-unsaturated/α-hetero) is 2. The number of guanidine groups is 2. The van der Waals surface area contributed by atoms with Crippen LogP contribution in [0.15, 0.2) is 9.98 Å². The molecule has 0 heterocycles. The fourth-order valence-corrected chi connectivity index (χ4v) is 3.06. The molecule has 0 fully saturated rings. The van der Waals surface area contributed by atoms with Crippen molar-refractivity contribution in [3.63, 3.8) is 0 Å². The van der Waals surface area contributed by atoms with E-state index in [-0.39, 0.29) is 76.4 Å². The van der Waals surface area contributed by atoms with Gasteiger partial charge in [0.25, 0.3) is 0 Å². The zero-order valence-corrected chi connectivity index (χ0v) is 18.7. The van der Waals surface area contributed by atoms with Crippen LogP contribution in [-0.4, -0.2) is 69.8 Å². The summed E-state index contributed by atoms with van der Waals surface area (Å²) in [6, 6.07) is 0. The molecule has 0 saturated heterocycles. The number of nitrogens with zero attached hydrogens (tertiary/aromatic N) is 2. The number of aliphatic imine (C=N–C) groups is 2. The standard InChI is InChI=1S/C19H36N8O6/c20-16(21)26-10-4-8-18(24,14(30)31)12(28)6-2-1-3-7-13(29)19(25,15(32)33)9-5-11-27-17(22)23/h1-11,24-25H2,(H,30,31)(H,32,33)(H4,20,21,26)(H4,22,23,27).